The minimum atomic E-state index is -3.39. The van der Waals surface area contributed by atoms with Crippen LogP contribution in [0.1, 0.15) is 18.4 Å². The van der Waals surface area contributed by atoms with Crippen molar-refractivity contribution in [2.75, 3.05) is 18.8 Å². The van der Waals surface area contributed by atoms with Gasteiger partial charge in [-0.15, -0.1) is 0 Å². The van der Waals surface area contributed by atoms with Crippen molar-refractivity contribution in [2.24, 2.45) is 5.92 Å². The number of nitrogen functional groups attached to an aromatic ring is 1. The number of nitrogens with two attached hydrogens (primary N) is 1. The smallest absolute Gasteiger partial charge is 0.223 e. The van der Waals surface area contributed by atoms with Crippen LogP contribution in [-0.4, -0.2) is 27.4 Å². The predicted molar refractivity (Wildman–Crippen MR) is 77.2 cm³/mol. The Morgan fingerprint density at radius 1 is 1.20 bits per heavy atom. The summed E-state index contributed by atoms with van der Waals surface area (Å²) in [5, 5.41) is 2.71. The molecular formula is C13H19N3O3S. The number of nitrogens with one attached hydrogen (secondary N) is 2. The van der Waals surface area contributed by atoms with E-state index in [0.717, 1.165) is 12.8 Å². The lowest BCUT2D eigenvalue weighted by atomic mass is 10.2. The van der Waals surface area contributed by atoms with Crippen LogP contribution in [0.2, 0.25) is 0 Å². The van der Waals surface area contributed by atoms with Crippen LogP contribution in [0, 0.1) is 5.92 Å². The monoisotopic (exact) mass is 297 g/mol. The van der Waals surface area contributed by atoms with Gasteiger partial charge >= 0.3 is 0 Å². The Balaban J connectivity index is 1.73. The maximum atomic E-state index is 11.8. The highest BCUT2D eigenvalue weighted by Crippen LogP contribution is 2.28. The molecule has 0 atom stereocenters. The molecule has 1 aliphatic rings. The highest BCUT2D eigenvalue weighted by molar-refractivity contribution is 7.88. The van der Waals surface area contributed by atoms with Gasteiger partial charge in [-0.2, -0.15) is 0 Å². The summed E-state index contributed by atoms with van der Waals surface area (Å²) in [7, 11) is -3.39. The van der Waals surface area contributed by atoms with Crippen molar-refractivity contribution in [3.05, 3.63) is 29.8 Å². The fourth-order valence-corrected chi connectivity index (χ4v) is 2.91. The number of hydrogen-bond acceptors (Lipinski definition) is 4. The van der Waals surface area contributed by atoms with Gasteiger partial charge in [0.1, 0.15) is 0 Å². The summed E-state index contributed by atoms with van der Waals surface area (Å²) in [6, 6.07) is 6.70. The summed E-state index contributed by atoms with van der Waals surface area (Å²) in [5.74, 6) is 0.0632. The van der Waals surface area contributed by atoms with Crippen LogP contribution < -0.4 is 15.8 Å². The Bertz CT molecular complexity index is 565. The molecule has 1 aliphatic carbocycles. The van der Waals surface area contributed by atoms with E-state index in [-0.39, 0.29) is 24.1 Å². The van der Waals surface area contributed by atoms with E-state index in [2.05, 4.69) is 10.0 Å². The average molecular weight is 297 g/mol. The van der Waals surface area contributed by atoms with E-state index in [4.69, 9.17) is 5.73 Å². The number of carbonyl (C=O) groups is 1. The van der Waals surface area contributed by atoms with E-state index in [1.807, 2.05) is 0 Å². The van der Waals surface area contributed by atoms with Gasteiger partial charge in [-0.3, -0.25) is 4.79 Å². The van der Waals surface area contributed by atoms with Gasteiger partial charge in [0.05, 0.1) is 5.75 Å². The molecule has 6 nitrogen and oxygen atoms in total. The second-order valence-electron chi connectivity index (χ2n) is 4.96. The first-order valence-corrected chi connectivity index (χ1v) is 8.21. The molecule has 1 saturated carbocycles. The van der Waals surface area contributed by atoms with Crippen molar-refractivity contribution in [2.45, 2.75) is 18.6 Å². The number of amides is 1. The molecule has 0 unspecified atom stereocenters. The van der Waals surface area contributed by atoms with Gasteiger partial charge in [-0.1, -0.05) is 12.1 Å². The Morgan fingerprint density at radius 3 is 2.45 bits per heavy atom. The molecular weight excluding hydrogens is 278 g/mol. The fourth-order valence-electron chi connectivity index (χ4n) is 1.77. The SMILES string of the molecule is Nc1ccc(CS(=O)(=O)NCCNC(=O)C2CC2)cc1. The Kier molecular flexibility index (Phi) is 4.61. The summed E-state index contributed by atoms with van der Waals surface area (Å²) in [4.78, 5) is 11.4. The molecule has 0 saturated heterocycles. The van der Waals surface area contributed by atoms with Gasteiger partial charge < -0.3 is 11.1 Å². The Hall–Kier alpha value is -1.60. The molecule has 0 radical (unpaired) electrons. The molecule has 7 heteroatoms. The molecule has 1 aromatic carbocycles. The lowest BCUT2D eigenvalue weighted by molar-refractivity contribution is -0.122. The number of sulfonamides is 1. The van der Waals surface area contributed by atoms with Crippen LogP contribution in [0.15, 0.2) is 24.3 Å². The van der Waals surface area contributed by atoms with Gasteiger partial charge in [-0.25, -0.2) is 13.1 Å². The molecule has 0 aromatic heterocycles. The standard InChI is InChI=1S/C13H19N3O3S/c14-12-5-1-10(2-6-12)9-20(18,19)16-8-7-15-13(17)11-3-4-11/h1-2,5-6,11,16H,3-4,7-9,14H2,(H,15,17). The first kappa shape index (κ1) is 14.8. The van der Waals surface area contributed by atoms with Gasteiger partial charge in [0.15, 0.2) is 0 Å². The van der Waals surface area contributed by atoms with Gasteiger partial charge in [0.25, 0.3) is 0 Å². The van der Waals surface area contributed by atoms with Crippen LogP contribution >= 0.6 is 0 Å². The second-order valence-corrected chi connectivity index (χ2v) is 6.77. The summed E-state index contributed by atoms with van der Waals surface area (Å²) < 4.78 is 26.1. The third kappa shape index (κ3) is 4.82. The van der Waals surface area contributed by atoms with E-state index in [0.29, 0.717) is 17.8 Å². The van der Waals surface area contributed by atoms with Gasteiger partial charge in [0.2, 0.25) is 15.9 Å². The molecule has 1 amide bonds. The fraction of sp³-hybridized carbons (Fsp3) is 0.462. The minimum absolute atomic E-state index is 0.0164. The number of hydrogen-bond donors (Lipinski definition) is 3. The van der Waals surface area contributed by atoms with Crippen LogP contribution in [0.4, 0.5) is 5.69 Å². The Morgan fingerprint density at radius 2 is 1.85 bits per heavy atom. The number of rotatable bonds is 7. The molecule has 1 aromatic rings. The van der Waals surface area contributed by atoms with Gasteiger partial charge in [-0.05, 0) is 30.5 Å². The van der Waals surface area contributed by atoms with Crippen molar-refractivity contribution in [3.63, 3.8) is 0 Å². The summed E-state index contributed by atoms with van der Waals surface area (Å²) >= 11 is 0. The molecule has 2 rings (SSSR count). The summed E-state index contributed by atoms with van der Waals surface area (Å²) in [6.45, 7) is 0.520. The van der Waals surface area contributed by atoms with Crippen molar-refractivity contribution < 1.29 is 13.2 Å². The first-order chi connectivity index (χ1) is 9.46. The lowest BCUT2D eigenvalue weighted by Crippen LogP contribution is -2.35. The summed E-state index contributed by atoms with van der Waals surface area (Å²) in [5.41, 5.74) is 6.81. The quantitative estimate of drug-likeness (QED) is 0.495. The molecule has 1 fully saturated rings. The maximum absolute atomic E-state index is 11.8. The molecule has 0 spiro atoms. The van der Waals surface area contributed by atoms with E-state index in [9.17, 15) is 13.2 Å². The molecule has 20 heavy (non-hydrogen) atoms. The van der Waals surface area contributed by atoms with Crippen LogP contribution in [-0.2, 0) is 20.6 Å². The highest BCUT2D eigenvalue weighted by Gasteiger charge is 2.29. The number of benzene rings is 1. The number of anilines is 1. The molecule has 110 valence electrons. The van der Waals surface area contributed by atoms with E-state index < -0.39 is 10.0 Å². The molecule has 4 N–H and O–H groups in total. The van der Waals surface area contributed by atoms with Gasteiger partial charge in [0, 0.05) is 24.7 Å². The van der Waals surface area contributed by atoms with Crippen molar-refractivity contribution in [1.82, 2.24) is 10.0 Å². The summed E-state index contributed by atoms with van der Waals surface area (Å²) in [6.07, 6.45) is 1.88. The number of carbonyl (C=O) groups excluding carboxylic acids is 1. The van der Waals surface area contributed by atoms with Crippen LogP contribution in [0.5, 0.6) is 0 Å². The molecule has 0 bridgehead atoms. The van der Waals surface area contributed by atoms with Crippen molar-refractivity contribution in [3.8, 4) is 0 Å². The lowest BCUT2D eigenvalue weighted by Gasteiger charge is -2.08. The zero-order valence-electron chi connectivity index (χ0n) is 11.1. The normalized spacial score (nSPS) is 15.0. The molecule has 0 heterocycles. The topological polar surface area (TPSA) is 101 Å². The minimum Gasteiger partial charge on any atom is -0.399 e. The third-order valence-electron chi connectivity index (χ3n) is 3.03. The maximum Gasteiger partial charge on any atom is 0.223 e. The van der Waals surface area contributed by atoms with Crippen molar-refractivity contribution >= 4 is 21.6 Å². The van der Waals surface area contributed by atoms with Crippen LogP contribution in [0.3, 0.4) is 0 Å². The van der Waals surface area contributed by atoms with E-state index in [1.54, 1.807) is 24.3 Å². The first-order valence-electron chi connectivity index (χ1n) is 6.56. The van der Waals surface area contributed by atoms with Crippen molar-refractivity contribution in [1.29, 1.82) is 0 Å². The zero-order valence-corrected chi connectivity index (χ0v) is 11.9. The third-order valence-corrected chi connectivity index (χ3v) is 4.39. The van der Waals surface area contributed by atoms with Crippen LogP contribution in [0.25, 0.3) is 0 Å². The van der Waals surface area contributed by atoms with E-state index in [1.165, 1.54) is 0 Å². The second kappa shape index (κ2) is 6.23. The molecule has 0 aliphatic heterocycles. The average Bonchev–Trinajstić information content (AvgIpc) is 3.21. The highest BCUT2D eigenvalue weighted by atomic mass is 32.2. The zero-order chi connectivity index (χ0) is 14.6. The van der Waals surface area contributed by atoms with E-state index >= 15 is 0 Å². The largest absolute Gasteiger partial charge is 0.399 e. The Labute approximate surface area is 118 Å². The predicted octanol–water partition coefficient (Wildman–Crippen LogP) is 0.214.